The minimum atomic E-state index is 0.255. The van der Waals surface area contributed by atoms with Gasteiger partial charge in [-0.05, 0) is 12.8 Å². The maximum atomic E-state index is 4.53. The molecule has 2 nitrogen and oxygen atoms in total. The monoisotopic (exact) mass is 264 g/mol. The molecule has 1 heterocycles. The summed E-state index contributed by atoms with van der Waals surface area (Å²) in [6, 6.07) is 0. The molecule has 1 N–H and O–H groups in total. The number of imidazole rings is 1. The summed E-state index contributed by atoms with van der Waals surface area (Å²) < 4.78 is 0. The first-order valence-corrected chi connectivity index (χ1v) is 8.23. The van der Waals surface area contributed by atoms with Gasteiger partial charge in [-0.1, -0.05) is 72.1 Å². The van der Waals surface area contributed by atoms with Crippen molar-refractivity contribution in [3.63, 3.8) is 0 Å². The Morgan fingerprint density at radius 1 is 0.947 bits per heavy atom. The molecule has 19 heavy (non-hydrogen) atoms. The molecule has 0 aliphatic heterocycles. The lowest BCUT2D eigenvalue weighted by atomic mass is 9.79. The van der Waals surface area contributed by atoms with Crippen molar-refractivity contribution in [2.75, 3.05) is 0 Å². The Hall–Kier alpha value is -0.790. The Morgan fingerprint density at radius 2 is 1.53 bits per heavy atom. The summed E-state index contributed by atoms with van der Waals surface area (Å²) in [4.78, 5) is 7.88. The van der Waals surface area contributed by atoms with Crippen LogP contribution < -0.4 is 0 Å². The van der Waals surface area contributed by atoms with Crippen LogP contribution in [0.15, 0.2) is 12.4 Å². The summed E-state index contributed by atoms with van der Waals surface area (Å²) in [6.07, 6.45) is 17.1. The van der Waals surface area contributed by atoms with Crippen molar-refractivity contribution in [1.82, 2.24) is 9.97 Å². The zero-order chi connectivity index (χ0) is 14.0. The van der Waals surface area contributed by atoms with Crippen molar-refractivity contribution in [3.05, 3.63) is 18.2 Å². The van der Waals surface area contributed by atoms with Gasteiger partial charge in [0.2, 0.25) is 0 Å². The molecular formula is C17H32N2. The molecule has 0 unspecified atom stereocenters. The van der Waals surface area contributed by atoms with E-state index in [-0.39, 0.29) is 5.41 Å². The van der Waals surface area contributed by atoms with Crippen LogP contribution in [-0.2, 0) is 5.41 Å². The van der Waals surface area contributed by atoms with Crippen LogP contribution in [0.5, 0.6) is 0 Å². The Kier molecular flexibility index (Phi) is 7.85. The largest absolute Gasteiger partial charge is 0.348 e. The van der Waals surface area contributed by atoms with Crippen LogP contribution in [0.1, 0.15) is 90.8 Å². The number of nitrogens with one attached hydrogen (secondary N) is 1. The molecule has 110 valence electrons. The predicted octanol–water partition coefficient (Wildman–Crippen LogP) is 5.61. The molecule has 1 aromatic rings. The van der Waals surface area contributed by atoms with Gasteiger partial charge in [-0.25, -0.2) is 4.98 Å². The van der Waals surface area contributed by atoms with Crippen molar-refractivity contribution in [2.45, 2.75) is 90.4 Å². The first kappa shape index (κ1) is 16.3. The zero-order valence-corrected chi connectivity index (χ0v) is 13.2. The molecule has 0 aromatic carbocycles. The average Bonchev–Trinajstić information content (AvgIpc) is 2.95. The molecule has 0 aliphatic rings. The fraction of sp³-hybridized carbons (Fsp3) is 0.824. The third kappa shape index (κ3) is 5.80. The van der Waals surface area contributed by atoms with Gasteiger partial charge in [-0.2, -0.15) is 0 Å². The quantitative estimate of drug-likeness (QED) is 0.517. The van der Waals surface area contributed by atoms with Crippen molar-refractivity contribution in [2.24, 2.45) is 0 Å². The second-order valence-corrected chi connectivity index (χ2v) is 6.12. The highest BCUT2D eigenvalue weighted by molar-refractivity contribution is 5.06. The molecule has 0 amide bonds. The number of nitrogens with zero attached hydrogens (tertiary/aromatic N) is 1. The third-order valence-corrected chi connectivity index (χ3v) is 4.23. The molecule has 0 spiro atoms. The van der Waals surface area contributed by atoms with Crippen molar-refractivity contribution >= 4 is 0 Å². The lowest BCUT2D eigenvalue weighted by Gasteiger charge is -2.27. The van der Waals surface area contributed by atoms with Gasteiger partial charge in [0.25, 0.3) is 0 Å². The van der Waals surface area contributed by atoms with Crippen LogP contribution in [0.4, 0.5) is 0 Å². The molecule has 0 atom stereocenters. The van der Waals surface area contributed by atoms with Crippen molar-refractivity contribution < 1.29 is 0 Å². The van der Waals surface area contributed by atoms with Gasteiger partial charge >= 0.3 is 0 Å². The second-order valence-electron chi connectivity index (χ2n) is 6.12. The number of unbranched alkanes of at least 4 members (excludes halogenated alkanes) is 6. The molecule has 0 fully saturated rings. The van der Waals surface area contributed by atoms with E-state index in [9.17, 15) is 0 Å². The Labute approximate surface area is 119 Å². The van der Waals surface area contributed by atoms with E-state index >= 15 is 0 Å². The van der Waals surface area contributed by atoms with E-state index in [1.165, 1.54) is 70.0 Å². The minimum Gasteiger partial charge on any atom is -0.348 e. The van der Waals surface area contributed by atoms with E-state index in [1.807, 2.05) is 12.4 Å². The smallest absolute Gasteiger partial charge is 0.111 e. The number of rotatable bonds is 11. The van der Waals surface area contributed by atoms with Crippen molar-refractivity contribution in [1.29, 1.82) is 0 Å². The standard InChI is InChI=1S/C17H32N2/c1-4-6-8-10-12-17(3,13-11-9-7-5-2)16-18-14-15-19-16/h14-15H,4-13H2,1-3H3,(H,18,19). The summed E-state index contributed by atoms with van der Waals surface area (Å²) in [5.41, 5.74) is 0.255. The molecule has 0 saturated carbocycles. The average molecular weight is 264 g/mol. The highest BCUT2D eigenvalue weighted by atomic mass is 14.9. The van der Waals surface area contributed by atoms with Crippen LogP contribution in [0.2, 0.25) is 0 Å². The van der Waals surface area contributed by atoms with Gasteiger partial charge in [0.15, 0.2) is 0 Å². The highest BCUT2D eigenvalue weighted by Gasteiger charge is 2.27. The second kappa shape index (κ2) is 9.17. The number of hydrogen-bond donors (Lipinski definition) is 1. The van der Waals surface area contributed by atoms with E-state index in [0.717, 1.165) is 0 Å². The lowest BCUT2D eigenvalue weighted by molar-refractivity contribution is 0.348. The molecule has 0 aliphatic carbocycles. The van der Waals surface area contributed by atoms with E-state index in [0.29, 0.717) is 0 Å². The Balaban J connectivity index is 2.47. The van der Waals surface area contributed by atoms with E-state index in [1.54, 1.807) is 0 Å². The van der Waals surface area contributed by atoms with Crippen LogP contribution >= 0.6 is 0 Å². The minimum absolute atomic E-state index is 0.255. The van der Waals surface area contributed by atoms with E-state index in [2.05, 4.69) is 30.7 Å². The number of aromatic amines is 1. The van der Waals surface area contributed by atoms with Gasteiger partial charge < -0.3 is 4.98 Å². The summed E-state index contributed by atoms with van der Waals surface area (Å²) in [5, 5.41) is 0. The first-order valence-electron chi connectivity index (χ1n) is 8.23. The molecular weight excluding hydrogens is 232 g/mol. The number of H-pyrrole nitrogens is 1. The van der Waals surface area contributed by atoms with Gasteiger partial charge in [0.1, 0.15) is 5.82 Å². The third-order valence-electron chi connectivity index (χ3n) is 4.23. The Bertz CT molecular complexity index is 291. The molecule has 0 radical (unpaired) electrons. The van der Waals surface area contributed by atoms with Gasteiger partial charge in [-0.3, -0.25) is 0 Å². The Morgan fingerprint density at radius 3 is 1.95 bits per heavy atom. The summed E-state index contributed by atoms with van der Waals surface area (Å²) in [5.74, 6) is 1.19. The highest BCUT2D eigenvalue weighted by Crippen LogP contribution is 2.33. The zero-order valence-electron chi connectivity index (χ0n) is 13.2. The molecule has 2 heteroatoms. The van der Waals surface area contributed by atoms with E-state index < -0.39 is 0 Å². The fourth-order valence-electron chi connectivity index (χ4n) is 2.84. The van der Waals surface area contributed by atoms with Gasteiger partial charge in [0.05, 0.1) is 0 Å². The molecule has 1 rings (SSSR count). The van der Waals surface area contributed by atoms with Gasteiger partial charge in [-0.15, -0.1) is 0 Å². The van der Waals surface area contributed by atoms with Crippen LogP contribution in [0, 0.1) is 0 Å². The van der Waals surface area contributed by atoms with E-state index in [4.69, 9.17) is 0 Å². The van der Waals surface area contributed by atoms with Crippen molar-refractivity contribution in [3.8, 4) is 0 Å². The molecule has 0 saturated heterocycles. The van der Waals surface area contributed by atoms with Crippen LogP contribution in [0.3, 0.4) is 0 Å². The van der Waals surface area contributed by atoms with Crippen LogP contribution in [0.25, 0.3) is 0 Å². The summed E-state index contributed by atoms with van der Waals surface area (Å²) in [7, 11) is 0. The molecule has 1 aromatic heterocycles. The lowest BCUT2D eigenvalue weighted by Crippen LogP contribution is -2.23. The summed E-state index contributed by atoms with van der Waals surface area (Å²) >= 11 is 0. The topological polar surface area (TPSA) is 28.7 Å². The SMILES string of the molecule is CCCCCCC(C)(CCCCCC)c1ncc[nH]1. The maximum absolute atomic E-state index is 4.53. The molecule has 0 bridgehead atoms. The van der Waals surface area contributed by atoms with Crippen LogP contribution in [-0.4, -0.2) is 9.97 Å². The summed E-state index contributed by atoms with van der Waals surface area (Å²) in [6.45, 7) is 6.94. The normalized spacial score (nSPS) is 11.9. The number of aromatic nitrogens is 2. The maximum Gasteiger partial charge on any atom is 0.111 e. The first-order chi connectivity index (χ1) is 9.23. The van der Waals surface area contributed by atoms with Gasteiger partial charge in [0, 0.05) is 17.8 Å². The predicted molar refractivity (Wildman–Crippen MR) is 83.5 cm³/mol. The fourth-order valence-corrected chi connectivity index (χ4v) is 2.84. The number of hydrogen-bond acceptors (Lipinski definition) is 1.